The Morgan fingerprint density at radius 2 is 1.75 bits per heavy atom. The Morgan fingerprint density at radius 1 is 1.02 bits per heavy atom. The molecular weight excluding hydrogens is 518 g/mol. The van der Waals surface area contributed by atoms with E-state index in [1.54, 1.807) is 13.3 Å². The van der Waals surface area contributed by atoms with Crippen LogP contribution in [0.25, 0.3) is 5.69 Å². The van der Waals surface area contributed by atoms with E-state index in [2.05, 4.69) is 77.0 Å². The normalized spacial score (nSPS) is 16.6. The van der Waals surface area contributed by atoms with Crippen molar-refractivity contribution in [3.05, 3.63) is 107 Å². The predicted octanol–water partition coefficient (Wildman–Crippen LogP) is 6.12. The molecule has 0 unspecified atom stereocenters. The summed E-state index contributed by atoms with van der Waals surface area (Å²) in [7, 11) is 1.59. The van der Waals surface area contributed by atoms with E-state index in [0.29, 0.717) is 23.1 Å². The summed E-state index contributed by atoms with van der Waals surface area (Å²) >= 11 is 5.86. The van der Waals surface area contributed by atoms with Crippen molar-refractivity contribution in [3.63, 3.8) is 0 Å². The maximum Gasteiger partial charge on any atom is 0.226 e. The second-order valence-corrected chi connectivity index (χ2v) is 10.6. The van der Waals surface area contributed by atoms with Gasteiger partial charge in [-0.2, -0.15) is 0 Å². The van der Waals surface area contributed by atoms with Crippen LogP contribution in [0.3, 0.4) is 0 Å². The summed E-state index contributed by atoms with van der Waals surface area (Å²) in [6.07, 6.45) is 2.07. The molecule has 5 rings (SSSR count). The molecule has 40 heavy (non-hydrogen) atoms. The molecule has 2 aromatic heterocycles. The predicted molar refractivity (Wildman–Crippen MR) is 163 cm³/mol. The van der Waals surface area contributed by atoms with Gasteiger partial charge in [0, 0.05) is 30.6 Å². The average molecular weight is 554 g/mol. The van der Waals surface area contributed by atoms with Gasteiger partial charge in [-0.05, 0) is 86.9 Å². The van der Waals surface area contributed by atoms with Crippen molar-refractivity contribution < 1.29 is 9.53 Å². The lowest BCUT2D eigenvalue weighted by Crippen LogP contribution is -2.33. The number of thiocarbonyl (C=S) groups is 1. The van der Waals surface area contributed by atoms with Crippen LogP contribution < -0.4 is 15.4 Å². The van der Waals surface area contributed by atoms with Crippen LogP contribution in [0.1, 0.15) is 52.3 Å². The Hall–Kier alpha value is -4.17. The van der Waals surface area contributed by atoms with E-state index in [9.17, 15) is 4.79 Å². The van der Waals surface area contributed by atoms with Crippen LogP contribution in [0.2, 0.25) is 0 Å². The number of hydrogen-bond donors (Lipinski definition) is 2. The standard InChI is InChI=1S/C32H35N5O2S/c1-20-11-10-12-21(2)30(20)37-22(3)19-24(23(37)4)31-29(26-14-8-9-17-33-26)35-32(40)36(31)18-16-28(38)34-25-13-6-7-15-27(25)39-5/h6-15,17,19,29,31H,16,18H2,1-5H3,(H,34,38)(H,35,40)/t29-,31+/m1/s1. The molecule has 1 fully saturated rings. The number of aryl methyl sites for hydroxylation is 3. The number of anilines is 1. The molecule has 0 saturated carbocycles. The minimum absolute atomic E-state index is 0.103. The van der Waals surface area contributed by atoms with Crippen molar-refractivity contribution >= 4 is 28.9 Å². The van der Waals surface area contributed by atoms with Gasteiger partial charge in [0.25, 0.3) is 0 Å². The van der Waals surface area contributed by atoms with Gasteiger partial charge in [-0.1, -0.05) is 36.4 Å². The number of carbonyl (C=O) groups is 1. The van der Waals surface area contributed by atoms with Crippen molar-refractivity contribution in [1.82, 2.24) is 19.8 Å². The van der Waals surface area contributed by atoms with Crippen molar-refractivity contribution in [2.75, 3.05) is 19.0 Å². The van der Waals surface area contributed by atoms with Gasteiger partial charge in [-0.15, -0.1) is 0 Å². The summed E-state index contributed by atoms with van der Waals surface area (Å²) in [4.78, 5) is 19.9. The molecule has 206 valence electrons. The van der Waals surface area contributed by atoms with E-state index in [4.69, 9.17) is 17.0 Å². The summed E-state index contributed by atoms with van der Waals surface area (Å²) in [5.74, 6) is 0.523. The van der Waals surface area contributed by atoms with Gasteiger partial charge in [0.1, 0.15) is 5.75 Å². The number of aromatic nitrogens is 2. The number of amides is 1. The Balaban J connectivity index is 1.49. The number of pyridine rings is 1. The molecule has 0 radical (unpaired) electrons. The fourth-order valence-electron chi connectivity index (χ4n) is 5.76. The topological polar surface area (TPSA) is 71.4 Å². The third-order valence-electron chi connectivity index (χ3n) is 7.61. The zero-order valence-electron chi connectivity index (χ0n) is 23.6. The van der Waals surface area contributed by atoms with E-state index in [1.807, 2.05) is 42.5 Å². The van der Waals surface area contributed by atoms with E-state index in [1.165, 1.54) is 16.8 Å². The highest BCUT2D eigenvalue weighted by atomic mass is 32.1. The maximum atomic E-state index is 13.1. The summed E-state index contributed by atoms with van der Waals surface area (Å²) < 4.78 is 7.73. The second-order valence-electron chi connectivity index (χ2n) is 10.2. The molecule has 0 spiro atoms. The number of nitrogens with one attached hydrogen (secondary N) is 2. The van der Waals surface area contributed by atoms with Crippen LogP contribution in [0, 0.1) is 27.7 Å². The van der Waals surface area contributed by atoms with Gasteiger partial charge in [0.15, 0.2) is 5.11 Å². The Morgan fingerprint density at radius 3 is 2.45 bits per heavy atom. The number of carbonyl (C=O) groups excluding carboxylic acids is 1. The summed E-state index contributed by atoms with van der Waals surface area (Å²) in [5.41, 5.74) is 8.67. The molecular formula is C32H35N5O2S. The van der Waals surface area contributed by atoms with Gasteiger partial charge in [-0.25, -0.2) is 0 Å². The third kappa shape index (κ3) is 5.19. The van der Waals surface area contributed by atoms with E-state index in [0.717, 1.165) is 22.6 Å². The SMILES string of the molecule is COc1ccccc1NC(=O)CCN1C(=S)N[C@H](c2ccccn2)[C@@H]1c1cc(C)n(-c2c(C)cccc2C)c1C. The van der Waals surface area contributed by atoms with E-state index in [-0.39, 0.29) is 24.4 Å². The van der Waals surface area contributed by atoms with Crippen LogP contribution in [0.4, 0.5) is 5.69 Å². The molecule has 7 nitrogen and oxygen atoms in total. The Kier molecular flexibility index (Phi) is 7.89. The smallest absolute Gasteiger partial charge is 0.226 e. The monoisotopic (exact) mass is 553 g/mol. The van der Waals surface area contributed by atoms with Gasteiger partial charge >= 0.3 is 0 Å². The van der Waals surface area contributed by atoms with Crippen molar-refractivity contribution in [2.24, 2.45) is 0 Å². The molecule has 3 heterocycles. The van der Waals surface area contributed by atoms with Gasteiger partial charge in [-0.3, -0.25) is 9.78 Å². The molecule has 2 aromatic carbocycles. The molecule has 8 heteroatoms. The van der Waals surface area contributed by atoms with Crippen molar-refractivity contribution in [2.45, 2.75) is 46.2 Å². The average Bonchev–Trinajstić information content (AvgIpc) is 3.43. The third-order valence-corrected chi connectivity index (χ3v) is 7.96. The first kappa shape index (κ1) is 27.4. The molecule has 4 aromatic rings. The number of nitrogens with zero attached hydrogens (tertiary/aromatic N) is 3. The molecule has 1 aliphatic rings. The van der Waals surface area contributed by atoms with Crippen LogP contribution in [-0.2, 0) is 4.79 Å². The highest BCUT2D eigenvalue weighted by Crippen LogP contribution is 2.42. The summed E-state index contributed by atoms with van der Waals surface area (Å²) in [6, 6.07) is 21.7. The lowest BCUT2D eigenvalue weighted by atomic mass is 9.96. The maximum absolute atomic E-state index is 13.1. The highest BCUT2D eigenvalue weighted by Gasteiger charge is 2.41. The number of ether oxygens (including phenoxy) is 1. The van der Waals surface area contributed by atoms with Crippen LogP contribution in [0.5, 0.6) is 5.75 Å². The van der Waals surface area contributed by atoms with E-state index >= 15 is 0 Å². The number of benzene rings is 2. The Labute approximate surface area is 241 Å². The zero-order valence-corrected chi connectivity index (χ0v) is 24.4. The van der Waals surface area contributed by atoms with E-state index < -0.39 is 0 Å². The summed E-state index contributed by atoms with van der Waals surface area (Å²) in [5, 5.41) is 7.11. The molecule has 1 amide bonds. The molecule has 2 N–H and O–H groups in total. The minimum atomic E-state index is -0.155. The number of para-hydroxylation sites is 3. The Bertz CT molecular complexity index is 1530. The lowest BCUT2D eigenvalue weighted by Gasteiger charge is -2.28. The van der Waals surface area contributed by atoms with Gasteiger partial charge in [0.05, 0.1) is 36.3 Å². The molecule has 1 saturated heterocycles. The quantitative estimate of drug-likeness (QED) is 0.256. The fourth-order valence-corrected chi connectivity index (χ4v) is 6.09. The molecule has 0 bridgehead atoms. The first-order chi connectivity index (χ1) is 19.3. The lowest BCUT2D eigenvalue weighted by molar-refractivity contribution is -0.116. The van der Waals surface area contributed by atoms with Gasteiger partial charge in [0.2, 0.25) is 5.91 Å². The number of hydrogen-bond acceptors (Lipinski definition) is 4. The summed E-state index contributed by atoms with van der Waals surface area (Å²) in [6.45, 7) is 9.06. The number of rotatable bonds is 8. The fraction of sp³-hybridized carbons (Fsp3) is 0.281. The molecule has 0 aliphatic carbocycles. The van der Waals surface area contributed by atoms with Crippen LogP contribution in [-0.4, -0.2) is 39.1 Å². The van der Waals surface area contributed by atoms with Gasteiger partial charge < -0.3 is 24.8 Å². The van der Waals surface area contributed by atoms with Crippen molar-refractivity contribution in [3.8, 4) is 11.4 Å². The largest absolute Gasteiger partial charge is 0.495 e. The molecule has 1 aliphatic heterocycles. The second kappa shape index (κ2) is 11.5. The molecule has 2 atom stereocenters. The number of methoxy groups -OCH3 is 1. The minimum Gasteiger partial charge on any atom is -0.495 e. The van der Waals surface area contributed by atoms with Crippen LogP contribution >= 0.6 is 12.2 Å². The van der Waals surface area contributed by atoms with Crippen molar-refractivity contribution in [1.29, 1.82) is 0 Å². The zero-order chi connectivity index (χ0) is 28.4. The van der Waals surface area contributed by atoms with Crippen LogP contribution in [0.15, 0.2) is 72.9 Å². The first-order valence-corrected chi connectivity index (χ1v) is 13.9. The highest BCUT2D eigenvalue weighted by molar-refractivity contribution is 7.80. The first-order valence-electron chi connectivity index (χ1n) is 13.5.